The van der Waals surface area contributed by atoms with E-state index in [0.29, 0.717) is 12.2 Å². The third-order valence-electron chi connectivity index (χ3n) is 3.88. The molecule has 1 aromatic heterocycles. The number of piperidine rings is 1. The Bertz CT molecular complexity index is 438. The molecular formula is C14H26N6O. The molecule has 0 aromatic carbocycles. The molecule has 7 nitrogen and oxygen atoms in total. The van der Waals surface area contributed by atoms with Crippen molar-refractivity contribution < 1.29 is 4.79 Å². The van der Waals surface area contributed by atoms with E-state index in [1.54, 1.807) is 6.20 Å². The van der Waals surface area contributed by atoms with Crippen molar-refractivity contribution in [1.82, 2.24) is 25.2 Å². The number of aromatic nitrogens is 3. The molecule has 7 heteroatoms. The van der Waals surface area contributed by atoms with Gasteiger partial charge in [0.25, 0.3) is 0 Å². The predicted octanol–water partition coefficient (Wildman–Crippen LogP) is 0.118. The molecule has 2 heterocycles. The number of nitrogens with zero attached hydrogens (tertiary/aromatic N) is 4. The number of unbranched alkanes of at least 4 members (excludes halogenated alkanes) is 1. The second-order valence-electron chi connectivity index (χ2n) is 5.65. The lowest BCUT2D eigenvalue weighted by Gasteiger charge is -2.32. The fraction of sp³-hybridized carbons (Fsp3) is 0.786. The largest absolute Gasteiger partial charge is 0.352 e. The number of nitrogens with two attached hydrogens (primary N) is 1. The van der Waals surface area contributed by atoms with E-state index in [9.17, 15) is 4.79 Å². The van der Waals surface area contributed by atoms with Crippen LogP contribution in [0.4, 0.5) is 0 Å². The van der Waals surface area contributed by atoms with E-state index >= 15 is 0 Å². The molecule has 2 rings (SSSR count). The Morgan fingerprint density at radius 3 is 2.86 bits per heavy atom. The van der Waals surface area contributed by atoms with E-state index in [-0.39, 0.29) is 18.5 Å². The summed E-state index contributed by atoms with van der Waals surface area (Å²) in [4.78, 5) is 14.5. The number of rotatable bonds is 7. The highest BCUT2D eigenvalue weighted by atomic mass is 16.2. The second kappa shape index (κ2) is 8.09. The van der Waals surface area contributed by atoms with Crippen molar-refractivity contribution in [2.75, 3.05) is 19.6 Å². The van der Waals surface area contributed by atoms with Crippen molar-refractivity contribution in [2.45, 2.75) is 51.7 Å². The lowest BCUT2D eigenvalue weighted by molar-refractivity contribution is -0.122. The SMILES string of the molecule is CCCCN1CCC(NC(=O)Cn2cc(CN)nn2)CC1. The van der Waals surface area contributed by atoms with Crippen LogP contribution < -0.4 is 11.1 Å². The first-order chi connectivity index (χ1) is 10.2. The van der Waals surface area contributed by atoms with Crippen LogP contribution in [0.5, 0.6) is 0 Å². The van der Waals surface area contributed by atoms with Crippen LogP contribution in [0.2, 0.25) is 0 Å². The molecule has 1 fully saturated rings. The summed E-state index contributed by atoms with van der Waals surface area (Å²) in [5.74, 6) is -0.00419. The smallest absolute Gasteiger partial charge is 0.242 e. The number of carbonyl (C=O) groups is 1. The number of hydrogen-bond donors (Lipinski definition) is 2. The highest BCUT2D eigenvalue weighted by Crippen LogP contribution is 2.11. The third-order valence-corrected chi connectivity index (χ3v) is 3.88. The molecule has 0 unspecified atom stereocenters. The van der Waals surface area contributed by atoms with Crippen LogP contribution in [0.3, 0.4) is 0 Å². The summed E-state index contributed by atoms with van der Waals surface area (Å²) in [6.07, 6.45) is 6.26. The van der Waals surface area contributed by atoms with E-state index in [2.05, 4.69) is 27.5 Å². The summed E-state index contributed by atoms with van der Waals surface area (Å²) in [6.45, 7) is 6.10. The number of amides is 1. The monoisotopic (exact) mass is 294 g/mol. The predicted molar refractivity (Wildman–Crippen MR) is 80.4 cm³/mol. The lowest BCUT2D eigenvalue weighted by atomic mass is 10.0. The molecule has 0 saturated carbocycles. The topological polar surface area (TPSA) is 89.1 Å². The Balaban J connectivity index is 1.69. The van der Waals surface area contributed by atoms with Gasteiger partial charge in [-0.1, -0.05) is 18.6 Å². The summed E-state index contributed by atoms with van der Waals surface area (Å²) in [7, 11) is 0. The zero-order chi connectivity index (χ0) is 15.1. The number of hydrogen-bond acceptors (Lipinski definition) is 5. The first-order valence-electron chi connectivity index (χ1n) is 7.82. The van der Waals surface area contributed by atoms with Gasteiger partial charge in [0.2, 0.25) is 5.91 Å². The molecule has 1 aromatic rings. The molecule has 21 heavy (non-hydrogen) atoms. The maximum absolute atomic E-state index is 12.0. The van der Waals surface area contributed by atoms with Crippen LogP contribution in [0.1, 0.15) is 38.3 Å². The minimum Gasteiger partial charge on any atom is -0.352 e. The van der Waals surface area contributed by atoms with Gasteiger partial charge in [-0.15, -0.1) is 5.10 Å². The van der Waals surface area contributed by atoms with Crippen molar-refractivity contribution in [3.63, 3.8) is 0 Å². The van der Waals surface area contributed by atoms with E-state index in [1.165, 1.54) is 24.1 Å². The normalized spacial score (nSPS) is 17.0. The summed E-state index contributed by atoms with van der Waals surface area (Å²) in [5, 5.41) is 10.8. The Kier molecular flexibility index (Phi) is 6.13. The Morgan fingerprint density at radius 2 is 2.24 bits per heavy atom. The first kappa shape index (κ1) is 15.9. The van der Waals surface area contributed by atoms with Crippen LogP contribution in [0.25, 0.3) is 0 Å². The highest BCUT2D eigenvalue weighted by molar-refractivity contribution is 5.75. The molecule has 0 bridgehead atoms. The molecule has 0 atom stereocenters. The molecule has 1 amide bonds. The van der Waals surface area contributed by atoms with Gasteiger partial charge in [0.05, 0.1) is 11.9 Å². The lowest BCUT2D eigenvalue weighted by Crippen LogP contribution is -2.45. The minimum absolute atomic E-state index is 0.00419. The summed E-state index contributed by atoms with van der Waals surface area (Å²) in [6, 6.07) is 0.285. The van der Waals surface area contributed by atoms with E-state index in [1.807, 2.05) is 0 Å². The Hall–Kier alpha value is -1.47. The Labute approximate surface area is 125 Å². The van der Waals surface area contributed by atoms with E-state index in [0.717, 1.165) is 25.9 Å². The Morgan fingerprint density at radius 1 is 1.48 bits per heavy atom. The molecule has 0 radical (unpaired) electrons. The summed E-state index contributed by atoms with van der Waals surface area (Å²) < 4.78 is 1.54. The van der Waals surface area contributed by atoms with Gasteiger partial charge in [0.1, 0.15) is 6.54 Å². The summed E-state index contributed by atoms with van der Waals surface area (Å²) in [5.41, 5.74) is 6.17. The van der Waals surface area contributed by atoms with Gasteiger partial charge >= 0.3 is 0 Å². The average molecular weight is 294 g/mol. The molecule has 1 aliphatic heterocycles. The van der Waals surface area contributed by atoms with Gasteiger partial charge in [-0.05, 0) is 25.8 Å². The average Bonchev–Trinajstić information content (AvgIpc) is 2.94. The fourth-order valence-electron chi connectivity index (χ4n) is 2.61. The van der Waals surface area contributed by atoms with E-state index < -0.39 is 0 Å². The van der Waals surface area contributed by atoms with Gasteiger partial charge in [0.15, 0.2) is 0 Å². The van der Waals surface area contributed by atoms with Crippen molar-refractivity contribution >= 4 is 5.91 Å². The molecule has 0 spiro atoms. The maximum atomic E-state index is 12.0. The van der Waals surface area contributed by atoms with Crippen molar-refractivity contribution in [1.29, 1.82) is 0 Å². The standard InChI is InChI=1S/C14H26N6O/c1-2-3-6-19-7-4-12(5-8-19)16-14(21)11-20-10-13(9-15)17-18-20/h10,12H,2-9,11,15H2,1H3,(H,16,21). The third kappa shape index (κ3) is 5.09. The molecule has 3 N–H and O–H groups in total. The zero-order valence-electron chi connectivity index (χ0n) is 12.8. The number of nitrogens with one attached hydrogen (secondary N) is 1. The summed E-state index contributed by atoms with van der Waals surface area (Å²) >= 11 is 0. The van der Waals surface area contributed by atoms with Crippen molar-refractivity contribution in [3.05, 3.63) is 11.9 Å². The van der Waals surface area contributed by atoms with Gasteiger partial charge < -0.3 is 16.0 Å². The van der Waals surface area contributed by atoms with Crippen LogP contribution >= 0.6 is 0 Å². The van der Waals surface area contributed by atoms with Gasteiger partial charge in [0, 0.05) is 25.7 Å². The zero-order valence-corrected chi connectivity index (χ0v) is 12.8. The van der Waals surface area contributed by atoms with Gasteiger partial charge in [-0.3, -0.25) is 4.79 Å². The van der Waals surface area contributed by atoms with E-state index in [4.69, 9.17) is 5.73 Å². The number of carbonyl (C=O) groups excluding carboxylic acids is 1. The second-order valence-corrected chi connectivity index (χ2v) is 5.65. The number of likely N-dealkylation sites (tertiary alicyclic amines) is 1. The molecule has 118 valence electrons. The minimum atomic E-state index is -0.00419. The van der Waals surface area contributed by atoms with Crippen LogP contribution in [-0.2, 0) is 17.9 Å². The maximum Gasteiger partial charge on any atom is 0.242 e. The van der Waals surface area contributed by atoms with Crippen molar-refractivity contribution in [2.24, 2.45) is 5.73 Å². The van der Waals surface area contributed by atoms with Gasteiger partial charge in [-0.25, -0.2) is 4.68 Å². The van der Waals surface area contributed by atoms with Gasteiger partial charge in [-0.2, -0.15) is 0 Å². The van der Waals surface area contributed by atoms with Crippen LogP contribution in [0.15, 0.2) is 6.20 Å². The molecule has 1 aliphatic rings. The fourth-order valence-corrected chi connectivity index (χ4v) is 2.61. The van der Waals surface area contributed by atoms with Crippen LogP contribution in [0, 0.1) is 0 Å². The molecular weight excluding hydrogens is 268 g/mol. The van der Waals surface area contributed by atoms with Crippen LogP contribution in [-0.4, -0.2) is 51.5 Å². The highest BCUT2D eigenvalue weighted by Gasteiger charge is 2.20. The first-order valence-corrected chi connectivity index (χ1v) is 7.82. The quantitative estimate of drug-likeness (QED) is 0.745. The van der Waals surface area contributed by atoms with Crippen molar-refractivity contribution in [3.8, 4) is 0 Å². The molecule has 0 aliphatic carbocycles. The molecule has 1 saturated heterocycles.